The topological polar surface area (TPSA) is 128 Å². The van der Waals surface area contributed by atoms with Crippen LogP contribution in [-0.2, 0) is 24.1 Å². The first-order valence-electron chi connectivity index (χ1n) is 13.8. The summed E-state index contributed by atoms with van der Waals surface area (Å²) in [5, 5.41) is 19.3. The maximum atomic E-state index is 14.6. The van der Waals surface area contributed by atoms with Gasteiger partial charge in [0.25, 0.3) is 5.91 Å². The summed E-state index contributed by atoms with van der Waals surface area (Å²) in [6, 6.07) is 14.9. The van der Waals surface area contributed by atoms with E-state index in [0.717, 1.165) is 11.1 Å². The molecule has 1 fully saturated rings. The number of piperidine rings is 1. The first kappa shape index (κ1) is 33.6. The van der Waals surface area contributed by atoms with Crippen molar-refractivity contribution in [2.75, 3.05) is 5.75 Å². The molecule has 0 spiro atoms. The lowest BCUT2D eigenvalue weighted by Crippen LogP contribution is -2.59. The molecule has 0 saturated carbocycles. The number of hydrogen-bond donors (Lipinski definition) is 1. The van der Waals surface area contributed by atoms with E-state index in [0.29, 0.717) is 10.0 Å². The summed E-state index contributed by atoms with van der Waals surface area (Å²) in [4.78, 5) is 40.8. The van der Waals surface area contributed by atoms with Crippen LogP contribution in [0.15, 0.2) is 52.9 Å². The summed E-state index contributed by atoms with van der Waals surface area (Å²) in [5.41, 5.74) is 0.313. The van der Waals surface area contributed by atoms with Crippen molar-refractivity contribution in [2.24, 2.45) is 15.7 Å². The van der Waals surface area contributed by atoms with E-state index in [9.17, 15) is 23.7 Å². The molecular weight excluding hydrogens is 597 g/mol. The minimum atomic E-state index is -3.23. The van der Waals surface area contributed by atoms with Crippen molar-refractivity contribution >= 4 is 50.7 Å². The molecule has 1 aliphatic rings. The highest BCUT2D eigenvalue weighted by atomic mass is 35.5. The third kappa shape index (κ3) is 7.52. The molecule has 226 valence electrons. The molecule has 1 aliphatic heterocycles. The quantitative estimate of drug-likeness (QED) is 0.304. The number of amides is 2. The van der Waals surface area contributed by atoms with E-state index < -0.39 is 57.2 Å². The Bertz CT molecular complexity index is 1490. The van der Waals surface area contributed by atoms with Gasteiger partial charge in [0.1, 0.15) is 6.42 Å². The predicted molar refractivity (Wildman–Crippen MR) is 165 cm³/mol. The minimum Gasteiger partial charge on any atom is -0.481 e. The highest BCUT2D eigenvalue weighted by Gasteiger charge is 2.53. The van der Waals surface area contributed by atoms with Gasteiger partial charge in [-0.2, -0.15) is 9.62 Å². The van der Waals surface area contributed by atoms with E-state index in [-0.39, 0.29) is 29.9 Å². The fourth-order valence-corrected chi connectivity index (χ4v) is 8.13. The molecule has 2 amide bonds. The van der Waals surface area contributed by atoms with Crippen molar-refractivity contribution in [3.05, 3.63) is 69.7 Å². The average molecular weight is 635 g/mol. The van der Waals surface area contributed by atoms with Crippen LogP contribution in [0.1, 0.15) is 77.0 Å². The number of nitriles is 1. The number of carboxylic acids is 1. The molecule has 0 radical (unpaired) electrons. The fraction of sp³-hybridized carbons (Fsp3) is 0.484. The molecule has 1 N–H and O–H groups in total. The molecule has 1 heterocycles. The number of likely N-dealkylation sites (tertiary alicyclic amines) is 1. The van der Waals surface area contributed by atoms with Crippen molar-refractivity contribution in [3.8, 4) is 6.07 Å². The van der Waals surface area contributed by atoms with E-state index in [1.807, 2.05) is 44.2 Å². The first-order chi connectivity index (χ1) is 19.6. The summed E-state index contributed by atoms with van der Waals surface area (Å²) in [6.45, 7) is 8.84. The van der Waals surface area contributed by atoms with Crippen molar-refractivity contribution in [1.82, 2.24) is 4.90 Å². The van der Waals surface area contributed by atoms with Crippen molar-refractivity contribution in [1.29, 1.82) is 5.26 Å². The first-order valence-corrected chi connectivity index (χ1v) is 16.3. The molecule has 42 heavy (non-hydrogen) atoms. The van der Waals surface area contributed by atoms with Gasteiger partial charge in [0.2, 0.25) is 5.91 Å². The number of benzene rings is 2. The number of aliphatic carboxylic acids is 1. The van der Waals surface area contributed by atoms with Crippen LogP contribution in [0.5, 0.6) is 0 Å². The van der Waals surface area contributed by atoms with Crippen LogP contribution < -0.4 is 0 Å². The standard InChI is InChI=1S/C31H37Cl2N3O5S/c1-19(2)26(18-42(41,20(3)4)35-27(37)13-14-34)36-29(21-9-11-23(32)12-10-21)25(22-7-6-8-24(33)15-22)16-31(5,30(36)40)17-28(38)39/h6-12,15,19-20,25-26,29H,13,16-18H2,1-5H3,(H,38,39)/t25-,26-,29-,31-,42-/m1/s1. The smallest absolute Gasteiger partial charge is 0.304 e. The molecule has 0 bridgehead atoms. The van der Waals surface area contributed by atoms with Gasteiger partial charge in [-0.15, -0.1) is 0 Å². The molecular formula is C31H37Cl2N3O5S. The van der Waals surface area contributed by atoms with Gasteiger partial charge in [0.05, 0.1) is 39.4 Å². The second kappa shape index (κ2) is 13.6. The highest BCUT2D eigenvalue weighted by Crippen LogP contribution is 2.52. The Kier molecular flexibility index (Phi) is 10.9. The van der Waals surface area contributed by atoms with Crippen LogP contribution in [0.25, 0.3) is 0 Å². The van der Waals surface area contributed by atoms with Crippen LogP contribution in [0.3, 0.4) is 0 Å². The SMILES string of the molecule is CC(C)[C@@H](C[S@](=O)(=NC(=O)CC#N)C(C)C)N1C(=O)[C@@](C)(CC(=O)O)C[C@H](c2cccc(Cl)c2)[C@H]1c1ccc(Cl)cc1. The monoisotopic (exact) mass is 633 g/mol. The summed E-state index contributed by atoms with van der Waals surface area (Å²) in [7, 11) is -3.23. The number of rotatable bonds is 10. The third-order valence-corrected chi connectivity index (χ3v) is 11.2. The molecule has 8 nitrogen and oxygen atoms in total. The van der Waals surface area contributed by atoms with Gasteiger partial charge >= 0.3 is 5.97 Å². The Hall–Kier alpha value is -2.93. The van der Waals surface area contributed by atoms with E-state index in [2.05, 4.69) is 4.36 Å². The van der Waals surface area contributed by atoms with Crippen LogP contribution in [-0.4, -0.2) is 49.0 Å². The molecule has 2 aromatic carbocycles. The second-order valence-electron chi connectivity index (χ2n) is 11.7. The van der Waals surface area contributed by atoms with Crippen LogP contribution in [0, 0.1) is 22.7 Å². The largest absolute Gasteiger partial charge is 0.481 e. The van der Waals surface area contributed by atoms with Crippen molar-refractivity contribution in [3.63, 3.8) is 0 Å². The Morgan fingerprint density at radius 3 is 2.29 bits per heavy atom. The highest BCUT2D eigenvalue weighted by molar-refractivity contribution is 7.94. The zero-order valence-electron chi connectivity index (χ0n) is 24.4. The molecule has 3 rings (SSSR count). The average Bonchev–Trinajstić information content (AvgIpc) is 2.89. The molecule has 0 aliphatic carbocycles. The van der Waals surface area contributed by atoms with E-state index in [4.69, 9.17) is 28.5 Å². The van der Waals surface area contributed by atoms with Gasteiger partial charge in [0, 0.05) is 27.3 Å². The number of nitrogens with zero attached hydrogens (tertiary/aromatic N) is 3. The summed E-state index contributed by atoms with van der Waals surface area (Å²) < 4.78 is 18.3. The number of halogens is 2. The molecule has 2 aromatic rings. The lowest BCUT2D eigenvalue weighted by atomic mass is 9.66. The van der Waals surface area contributed by atoms with Gasteiger partial charge in [-0.3, -0.25) is 14.4 Å². The third-order valence-electron chi connectivity index (χ3n) is 7.89. The summed E-state index contributed by atoms with van der Waals surface area (Å²) in [6.07, 6.45) is -0.667. The van der Waals surface area contributed by atoms with E-state index >= 15 is 0 Å². The normalized spacial score (nSPS) is 22.9. The Balaban J connectivity index is 2.33. The maximum absolute atomic E-state index is 14.6. The lowest BCUT2D eigenvalue weighted by Gasteiger charge is -2.53. The Morgan fingerprint density at radius 1 is 1.12 bits per heavy atom. The van der Waals surface area contributed by atoms with Gasteiger partial charge in [0.15, 0.2) is 0 Å². The molecule has 0 aromatic heterocycles. The molecule has 5 atom stereocenters. The lowest BCUT2D eigenvalue weighted by molar-refractivity contribution is -0.161. The Labute approximate surface area is 258 Å². The summed E-state index contributed by atoms with van der Waals surface area (Å²) in [5.74, 6) is -3.01. The molecule has 0 unspecified atom stereocenters. The predicted octanol–water partition coefficient (Wildman–Crippen LogP) is 6.87. The van der Waals surface area contributed by atoms with Crippen LogP contribution in [0.2, 0.25) is 10.0 Å². The van der Waals surface area contributed by atoms with Crippen LogP contribution >= 0.6 is 23.2 Å². The number of carboxylic acid groups (broad SMARTS) is 1. The Morgan fingerprint density at radius 2 is 1.76 bits per heavy atom. The van der Waals surface area contributed by atoms with Gasteiger partial charge < -0.3 is 10.0 Å². The second-order valence-corrected chi connectivity index (χ2v) is 15.5. The zero-order chi connectivity index (χ0) is 31.4. The number of carbonyl (C=O) groups is 3. The van der Waals surface area contributed by atoms with Crippen molar-refractivity contribution in [2.45, 2.75) is 77.1 Å². The van der Waals surface area contributed by atoms with Crippen LogP contribution in [0.4, 0.5) is 0 Å². The van der Waals surface area contributed by atoms with E-state index in [1.165, 1.54) is 0 Å². The molecule has 11 heteroatoms. The zero-order valence-corrected chi connectivity index (χ0v) is 26.7. The summed E-state index contributed by atoms with van der Waals surface area (Å²) >= 11 is 12.6. The van der Waals surface area contributed by atoms with Gasteiger partial charge in [-0.25, -0.2) is 4.21 Å². The fourth-order valence-electron chi connectivity index (χ4n) is 5.69. The van der Waals surface area contributed by atoms with Gasteiger partial charge in [-0.1, -0.05) is 82.1 Å². The minimum absolute atomic E-state index is 0.124. The number of hydrogen-bond acceptors (Lipinski definition) is 5. The van der Waals surface area contributed by atoms with Gasteiger partial charge in [-0.05, 0) is 47.7 Å². The maximum Gasteiger partial charge on any atom is 0.304 e. The van der Waals surface area contributed by atoms with E-state index in [1.54, 1.807) is 49.9 Å². The number of carbonyl (C=O) groups excluding carboxylic acids is 2. The van der Waals surface area contributed by atoms with Crippen molar-refractivity contribution < 1.29 is 23.7 Å². The molecule has 1 saturated heterocycles.